The highest BCUT2D eigenvalue weighted by molar-refractivity contribution is 5.46. The van der Waals surface area contributed by atoms with E-state index in [0.29, 0.717) is 12.0 Å². The van der Waals surface area contributed by atoms with E-state index >= 15 is 0 Å². The summed E-state index contributed by atoms with van der Waals surface area (Å²) in [5.41, 5.74) is 3.03. The Morgan fingerprint density at radius 3 is 2.95 bits per heavy atom. The van der Waals surface area contributed by atoms with Crippen molar-refractivity contribution in [1.82, 2.24) is 4.90 Å². The van der Waals surface area contributed by atoms with E-state index in [4.69, 9.17) is 4.74 Å². The van der Waals surface area contributed by atoms with Crippen LogP contribution in [-0.2, 0) is 6.42 Å². The molecule has 0 spiro atoms. The number of hydrogen-bond donors (Lipinski definition) is 0. The highest BCUT2D eigenvalue weighted by Crippen LogP contribution is 2.47. The monoisotopic (exact) mass is 259 g/mol. The first-order valence-electron chi connectivity index (χ1n) is 7.67. The molecule has 1 aliphatic heterocycles. The van der Waals surface area contributed by atoms with Crippen LogP contribution in [-0.4, -0.2) is 30.6 Å². The van der Waals surface area contributed by atoms with Crippen LogP contribution in [0.2, 0.25) is 0 Å². The number of methoxy groups -OCH3 is 1. The van der Waals surface area contributed by atoms with Crippen LogP contribution in [0.1, 0.15) is 50.2 Å². The van der Waals surface area contributed by atoms with Crippen molar-refractivity contribution in [1.29, 1.82) is 0 Å². The van der Waals surface area contributed by atoms with Gasteiger partial charge in [-0.25, -0.2) is 0 Å². The fourth-order valence-corrected chi connectivity index (χ4v) is 4.25. The van der Waals surface area contributed by atoms with Gasteiger partial charge >= 0.3 is 0 Å². The minimum Gasteiger partial charge on any atom is -0.496 e. The van der Waals surface area contributed by atoms with Crippen LogP contribution >= 0.6 is 0 Å². The molecule has 2 heteroatoms. The zero-order valence-corrected chi connectivity index (χ0v) is 12.4. The van der Waals surface area contributed by atoms with Gasteiger partial charge in [0.15, 0.2) is 0 Å². The second kappa shape index (κ2) is 5.16. The molecule has 3 rings (SSSR count). The molecule has 104 valence electrons. The third kappa shape index (κ3) is 2.06. The molecule has 0 bridgehead atoms. The van der Waals surface area contributed by atoms with Gasteiger partial charge in [0.2, 0.25) is 0 Å². The molecule has 1 aromatic carbocycles. The summed E-state index contributed by atoms with van der Waals surface area (Å²) in [5, 5.41) is 0. The van der Waals surface area contributed by atoms with Gasteiger partial charge < -0.3 is 4.74 Å². The van der Waals surface area contributed by atoms with Crippen LogP contribution in [0.15, 0.2) is 18.2 Å². The van der Waals surface area contributed by atoms with Crippen molar-refractivity contribution in [2.24, 2.45) is 0 Å². The Labute approximate surface area is 116 Å². The van der Waals surface area contributed by atoms with Gasteiger partial charge in [-0.2, -0.15) is 0 Å². The second-order valence-electron chi connectivity index (χ2n) is 6.07. The zero-order chi connectivity index (χ0) is 13.4. The molecule has 1 saturated heterocycles. The number of benzene rings is 1. The van der Waals surface area contributed by atoms with E-state index in [1.807, 2.05) is 0 Å². The molecule has 1 aromatic rings. The van der Waals surface area contributed by atoms with E-state index in [0.717, 1.165) is 11.8 Å². The zero-order valence-electron chi connectivity index (χ0n) is 12.4. The van der Waals surface area contributed by atoms with Crippen LogP contribution in [0.25, 0.3) is 0 Å². The number of hydrogen-bond acceptors (Lipinski definition) is 2. The summed E-state index contributed by atoms with van der Waals surface area (Å²) in [5.74, 6) is 1.79. The van der Waals surface area contributed by atoms with E-state index in [2.05, 4.69) is 36.9 Å². The maximum absolute atomic E-state index is 5.63. The van der Waals surface area contributed by atoms with Gasteiger partial charge in [0, 0.05) is 23.6 Å². The third-order valence-corrected chi connectivity index (χ3v) is 4.99. The number of fused-ring (bicyclic) bond motifs is 3. The normalized spacial score (nSPS) is 29.9. The topological polar surface area (TPSA) is 12.5 Å². The fourth-order valence-electron chi connectivity index (χ4n) is 4.25. The van der Waals surface area contributed by atoms with E-state index in [-0.39, 0.29) is 0 Å². The van der Waals surface area contributed by atoms with Crippen LogP contribution < -0.4 is 4.74 Å². The maximum Gasteiger partial charge on any atom is 0.122 e. The highest BCUT2D eigenvalue weighted by Gasteiger charge is 2.43. The van der Waals surface area contributed by atoms with Gasteiger partial charge in [-0.15, -0.1) is 0 Å². The first kappa shape index (κ1) is 13.0. The van der Waals surface area contributed by atoms with E-state index in [9.17, 15) is 0 Å². The minimum absolute atomic E-state index is 0.682. The number of aryl methyl sites for hydroxylation is 1. The molecule has 1 aliphatic carbocycles. The van der Waals surface area contributed by atoms with Crippen molar-refractivity contribution in [3.05, 3.63) is 29.3 Å². The van der Waals surface area contributed by atoms with Crippen LogP contribution in [0.3, 0.4) is 0 Å². The molecule has 0 radical (unpaired) electrons. The Morgan fingerprint density at radius 1 is 1.37 bits per heavy atom. The lowest BCUT2D eigenvalue weighted by Crippen LogP contribution is -2.38. The Morgan fingerprint density at radius 2 is 2.21 bits per heavy atom. The van der Waals surface area contributed by atoms with Crippen LogP contribution in [0.5, 0.6) is 5.75 Å². The predicted molar refractivity (Wildman–Crippen MR) is 78.9 cm³/mol. The van der Waals surface area contributed by atoms with E-state index in [1.54, 1.807) is 7.11 Å². The molecule has 0 saturated carbocycles. The molecule has 0 amide bonds. The largest absolute Gasteiger partial charge is 0.496 e. The predicted octanol–water partition coefficient (Wildman–Crippen LogP) is 3.60. The van der Waals surface area contributed by atoms with Gasteiger partial charge in [-0.05, 0) is 50.8 Å². The molecule has 2 aliphatic rings. The average Bonchev–Trinajstić information content (AvgIpc) is 2.75. The summed E-state index contributed by atoms with van der Waals surface area (Å²) in [6.45, 7) is 5.92. The van der Waals surface area contributed by atoms with Crippen molar-refractivity contribution in [2.75, 3.05) is 13.7 Å². The molecular weight excluding hydrogens is 234 g/mol. The average molecular weight is 259 g/mol. The molecule has 0 unspecified atom stereocenters. The van der Waals surface area contributed by atoms with Crippen LogP contribution in [0.4, 0.5) is 0 Å². The van der Waals surface area contributed by atoms with E-state index in [1.165, 1.54) is 43.4 Å². The van der Waals surface area contributed by atoms with Gasteiger partial charge in [0.1, 0.15) is 5.75 Å². The molecular formula is C17H25NO. The van der Waals surface area contributed by atoms with Gasteiger partial charge in [-0.1, -0.05) is 19.1 Å². The highest BCUT2D eigenvalue weighted by atomic mass is 16.5. The number of ether oxygens (including phenoxy) is 1. The first-order valence-corrected chi connectivity index (χ1v) is 7.67. The van der Waals surface area contributed by atoms with Crippen molar-refractivity contribution < 1.29 is 4.74 Å². The lowest BCUT2D eigenvalue weighted by molar-refractivity contribution is 0.185. The SMILES string of the molecule is CCCN1[C@H](C)C[C@@H]2c3c(cccc3OC)CC[C@@H]21. The quantitative estimate of drug-likeness (QED) is 0.822. The summed E-state index contributed by atoms with van der Waals surface area (Å²) >= 11 is 0. The van der Waals surface area contributed by atoms with E-state index < -0.39 is 0 Å². The molecule has 0 aromatic heterocycles. The number of likely N-dealkylation sites (tertiary alicyclic amines) is 1. The summed E-state index contributed by atoms with van der Waals surface area (Å²) in [6.07, 6.45) is 5.07. The van der Waals surface area contributed by atoms with Crippen LogP contribution in [0, 0.1) is 0 Å². The Hall–Kier alpha value is -1.02. The fraction of sp³-hybridized carbons (Fsp3) is 0.647. The summed E-state index contributed by atoms with van der Waals surface area (Å²) in [4.78, 5) is 2.74. The smallest absolute Gasteiger partial charge is 0.122 e. The standard InChI is InChI=1S/C17H25NO/c1-4-10-18-12(2)11-14-15(18)9-8-13-6-5-7-16(19-3)17(13)14/h5-7,12,14-15H,4,8-11H2,1-3H3/t12-,14+,15+/m1/s1. The lowest BCUT2D eigenvalue weighted by Gasteiger charge is -2.35. The summed E-state index contributed by atoms with van der Waals surface area (Å²) < 4.78 is 5.63. The third-order valence-electron chi connectivity index (χ3n) is 4.99. The molecule has 2 nitrogen and oxygen atoms in total. The number of rotatable bonds is 3. The van der Waals surface area contributed by atoms with Gasteiger partial charge in [-0.3, -0.25) is 4.90 Å². The van der Waals surface area contributed by atoms with Gasteiger partial charge in [0.25, 0.3) is 0 Å². The summed E-state index contributed by atoms with van der Waals surface area (Å²) in [6, 6.07) is 8.01. The van der Waals surface area contributed by atoms with Crippen molar-refractivity contribution in [3.8, 4) is 5.75 Å². The molecule has 1 fully saturated rings. The minimum atomic E-state index is 0.682. The Kier molecular flexibility index (Phi) is 3.53. The molecule has 1 heterocycles. The van der Waals surface area contributed by atoms with Crippen molar-refractivity contribution >= 4 is 0 Å². The number of nitrogens with zero attached hydrogens (tertiary/aromatic N) is 1. The first-order chi connectivity index (χ1) is 9.26. The summed E-state index contributed by atoms with van der Waals surface area (Å²) in [7, 11) is 1.81. The lowest BCUT2D eigenvalue weighted by atomic mass is 9.78. The van der Waals surface area contributed by atoms with Crippen molar-refractivity contribution in [3.63, 3.8) is 0 Å². The molecule has 0 N–H and O–H groups in total. The van der Waals surface area contributed by atoms with Crippen molar-refractivity contribution in [2.45, 2.75) is 57.5 Å². The maximum atomic E-state index is 5.63. The Bertz CT molecular complexity index is 442. The second-order valence-corrected chi connectivity index (χ2v) is 6.07. The molecule has 19 heavy (non-hydrogen) atoms. The van der Waals surface area contributed by atoms with Gasteiger partial charge in [0.05, 0.1) is 7.11 Å². The molecule has 3 atom stereocenters. The Balaban J connectivity index is 1.97.